The fourth-order valence-corrected chi connectivity index (χ4v) is 4.04. The van der Waals surface area contributed by atoms with Crippen LogP contribution in [0.1, 0.15) is 39.5 Å². The number of anilines is 1. The van der Waals surface area contributed by atoms with Crippen LogP contribution in [0.5, 0.6) is 0 Å². The number of carbonyl (C=O) groups is 4. The Morgan fingerprint density at radius 2 is 2.07 bits per heavy atom. The van der Waals surface area contributed by atoms with E-state index in [1.54, 1.807) is 24.3 Å². The highest BCUT2D eigenvalue weighted by Gasteiger charge is 2.55. The molecule has 0 radical (unpaired) electrons. The van der Waals surface area contributed by atoms with Crippen LogP contribution in [0.4, 0.5) is 10.5 Å². The average Bonchev–Trinajstić information content (AvgIpc) is 2.91. The van der Waals surface area contributed by atoms with E-state index in [1.165, 1.54) is 6.92 Å². The van der Waals surface area contributed by atoms with Crippen molar-refractivity contribution in [1.29, 1.82) is 0 Å². The largest absolute Gasteiger partial charge is 0.451 e. The van der Waals surface area contributed by atoms with Gasteiger partial charge in [-0.3, -0.25) is 19.3 Å². The van der Waals surface area contributed by atoms with Crippen molar-refractivity contribution < 1.29 is 23.9 Å². The summed E-state index contributed by atoms with van der Waals surface area (Å²) < 4.78 is 5.12. The molecule has 1 aliphatic carbocycles. The van der Waals surface area contributed by atoms with Crippen LogP contribution in [0, 0.1) is 5.92 Å². The molecule has 1 aromatic rings. The lowest BCUT2D eigenvalue weighted by Crippen LogP contribution is -2.54. The van der Waals surface area contributed by atoms with Gasteiger partial charge in [-0.2, -0.15) is 0 Å². The SMILES string of the molecule is C[C@H](OC(=O)CN1C(=O)N[C@@]2(CCCC[C@@H]2C)C1=O)C(=O)Nc1ccccc1Cl. The molecule has 8 nitrogen and oxygen atoms in total. The van der Waals surface area contributed by atoms with Gasteiger partial charge in [0.2, 0.25) is 0 Å². The van der Waals surface area contributed by atoms with Crippen molar-refractivity contribution in [2.45, 2.75) is 51.2 Å². The van der Waals surface area contributed by atoms with Gasteiger partial charge >= 0.3 is 12.0 Å². The predicted octanol–water partition coefficient (Wildman–Crippen LogP) is 2.71. The van der Waals surface area contributed by atoms with Crippen LogP contribution in [0.25, 0.3) is 0 Å². The monoisotopic (exact) mass is 421 g/mol. The Bertz CT molecular complexity index is 845. The highest BCUT2D eigenvalue weighted by molar-refractivity contribution is 6.33. The second-order valence-corrected chi connectivity index (χ2v) is 7.95. The molecule has 1 saturated heterocycles. The standard InChI is InChI=1S/C20H24ClN3O5/c1-12-7-5-6-10-20(12)18(27)24(19(28)23-20)11-16(25)29-13(2)17(26)22-15-9-4-3-8-14(15)21/h3-4,8-9,12-13H,5-7,10-11H2,1-2H3,(H,22,26)(H,23,28)/t12-,13-,20+/m0/s1. The number of rotatable bonds is 5. The van der Waals surface area contributed by atoms with Crippen LogP contribution in [0.3, 0.4) is 0 Å². The average molecular weight is 422 g/mol. The number of amides is 4. The summed E-state index contributed by atoms with van der Waals surface area (Å²) in [7, 11) is 0. The summed E-state index contributed by atoms with van der Waals surface area (Å²) in [5.74, 6) is -1.81. The minimum Gasteiger partial charge on any atom is -0.451 e. The molecule has 1 aliphatic heterocycles. The number of imide groups is 1. The molecular formula is C20H24ClN3O5. The molecule has 0 unspecified atom stereocenters. The number of urea groups is 1. The van der Waals surface area contributed by atoms with Gasteiger partial charge in [0.15, 0.2) is 6.10 Å². The van der Waals surface area contributed by atoms with Crippen LogP contribution >= 0.6 is 11.6 Å². The fraction of sp³-hybridized carbons (Fsp3) is 0.500. The van der Waals surface area contributed by atoms with Crippen LogP contribution in [-0.4, -0.2) is 46.9 Å². The van der Waals surface area contributed by atoms with E-state index in [2.05, 4.69) is 10.6 Å². The summed E-state index contributed by atoms with van der Waals surface area (Å²) >= 11 is 6.00. The van der Waals surface area contributed by atoms with Crippen molar-refractivity contribution in [3.63, 3.8) is 0 Å². The van der Waals surface area contributed by atoms with Gasteiger partial charge in [0.25, 0.3) is 11.8 Å². The van der Waals surface area contributed by atoms with Crippen LogP contribution < -0.4 is 10.6 Å². The van der Waals surface area contributed by atoms with E-state index < -0.39 is 42.0 Å². The maximum Gasteiger partial charge on any atom is 0.327 e. The second-order valence-electron chi connectivity index (χ2n) is 7.54. The van der Waals surface area contributed by atoms with E-state index in [4.69, 9.17) is 16.3 Å². The summed E-state index contributed by atoms with van der Waals surface area (Å²) in [6.07, 6.45) is 2.12. The van der Waals surface area contributed by atoms with Crippen molar-refractivity contribution in [3.8, 4) is 0 Å². The molecule has 1 saturated carbocycles. The minimum atomic E-state index is -1.12. The predicted molar refractivity (Wildman–Crippen MR) is 106 cm³/mol. The maximum atomic E-state index is 12.9. The number of nitrogens with zero attached hydrogens (tertiary/aromatic N) is 1. The highest BCUT2D eigenvalue weighted by atomic mass is 35.5. The van der Waals surface area contributed by atoms with Gasteiger partial charge in [-0.15, -0.1) is 0 Å². The molecule has 2 aliphatic rings. The molecule has 0 aromatic heterocycles. The van der Waals surface area contributed by atoms with E-state index in [9.17, 15) is 19.2 Å². The number of halogens is 1. The molecule has 1 aromatic carbocycles. The van der Waals surface area contributed by atoms with Gasteiger partial charge in [0.1, 0.15) is 12.1 Å². The summed E-state index contributed by atoms with van der Waals surface area (Å²) in [4.78, 5) is 50.6. The zero-order valence-electron chi connectivity index (χ0n) is 16.4. The Labute approximate surface area is 173 Å². The molecule has 9 heteroatoms. The number of hydrogen-bond acceptors (Lipinski definition) is 5. The first-order valence-electron chi connectivity index (χ1n) is 9.63. The molecule has 2 fully saturated rings. The van der Waals surface area contributed by atoms with Crippen LogP contribution in [-0.2, 0) is 19.1 Å². The third-order valence-corrected chi connectivity index (χ3v) is 5.93. The number of benzene rings is 1. The van der Waals surface area contributed by atoms with E-state index in [-0.39, 0.29) is 5.92 Å². The molecule has 1 spiro atoms. The summed E-state index contributed by atoms with van der Waals surface area (Å²) in [5, 5.41) is 5.70. The Hall–Kier alpha value is -2.61. The lowest BCUT2D eigenvalue weighted by molar-refractivity contribution is -0.155. The first-order chi connectivity index (χ1) is 13.7. The molecule has 29 heavy (non-hydrogen) atoms. The summed E-state index contributed by atoms with van der Waals surface area (Å²) in [6.45, 7) is 2.80. The third kappa shape index (κ3) is 4.22. The zero-order valence-corrected chi connectivity index (χ0v) is 17.1. The van der Waals surface area contributed by atoms with E-state index in [0.29, 0.717) is 17.1 Å². The van der Waals surface area contributed by atoms with Crippen molar-refractivity contribution in [2.75, 3.05) is 11.9 Å². The second kappa shape index (κ2) is 8.41. The molecule has 3 rings (SSSR count). The van der Waals surface area contributed by atoms with E-state index in [0.717, 1.165) is 24.2 Å². The number of nitrogens with one attached hydrogen (secondary N) is 2. The number of esters is 1. The maximum absolute atomic E-state index is 12.9. The van der Waals surface area contributed by atoms with Crippen molar-refractivity contribution >= 4 is 41.1 Å². The first-order valence-corrected chi connectivity index (χ1v) is 10.0. The summed E-state index contributed by atoms with van der Waals surface area (Å²) in [5.41, 5.74) is -0.549. The minimum absolute atomic E-state index is 0.00552. The highest BCUT2D eigenvalue weighted by Crippen LogP contribution is 2.38. The van der Waals surface area contributed by atoms with Gasteiger partial charge in [-0.1, -0.05) is 43.5 Å². The number of hydrogen-bond donors (Lipinski definition) is 2. The van der Waals surface area contributed by atoms with Crippen molar-refractivity contribution in [3.05, 3.63) is 29.3 Å². The first kappa shape index (κ1) is 21.1. The molecule has 2 N–H and O–H groups in total. The molecular weight excluding hydrogens is 398 g/mol. The van der Waals surface area contributed by atoms with E-state index in [1.807, 2.05) is 6.92 Å². The lowest BCUT2D eigenvalue weighted by atomic mass is 9.73. The van der Waals surface area contributed by atoms with Gasteiger partial charge < -0.3 is 15.4 Å². The Morgan fingerprint density at radius 3 is 2.76 bits per heavy atom. The molecule has 0 bridgehead atoms. The normalized spacial score (nSPS) is 24.9. The Balaban J connectivity index is 1.58. The van der Waals surface area contributed by atoms with Gasteiger partial charge in [0.05, 0.1) is 10.7 Å². The lowest BCUT2D eigenvalue weighted by Gasteiger charge is -2.36. The topological polar surface area (TPSA) is 105 Å². The van der Waals surface area contributed by atoms with E-state index >= 15 is 0 Å². The molecule has 3 atom stereocenters. The van der Waals surface area contributed by atoms with Crippen molar-refractivity contribution in [2.24, 2.45) is 5.92 Å². The molecule has 1 heterocycles. The summed E-state index contributed by atoms with van der Waals surface area (Å²) in [6, 6.07) is 6.06. The van der Waals surface area contributed by atoms with Gasteiger partial charge in [-0.05, 0) is 37.8 Å². The quantitative estimate of drug-likeness (QED) is 0.561. The Kier molecular flexibility index (Phi) is 6.12. The van der Waals surface area contributed by atoms with Gasteiger partial charge in [0, 0.05) is 0 Å². The third-order valence-electron chi connectivity index (χ3n) is 5.60. The number of carbonyl (C=O) groups excluding carboxylic acids is 4. The van der Waals surface area contributed by atoms with Crippen LogP contribution in [0.2, 0.25) is 5.02 Å². The molecule has 4 amide bonds. The smallest absolute Gasteiger partial charge is 0.327 e. The van der Waals surface area contributed by atoms with Crippen LogP contribution in [0.15, 0.2) is 24.3 Å². The number of ether oxygens (including phenoxy) is 1. The zero-order chi connectivity index (χ0) is 21.2. The fourth-order valence-electron chi connectivity index (χ4n) is 3.85. The molecule has 156 valence electrons. The van der Waals surface area contributed by atoms with Gasteiger partial charge in [-0.25, -0.2) is 4.79 Å². The Morgan fingerprint density at radius 1 is 1.34 bits per heavy atom. The van der Waals surface area contributed by atoms with Crippen molar-refractivity contribution in [1.82, 2.24) is 10.2 Å². The number of para-hydroxylation sites is 1.